The standard InChI is InChI=1S/C15H20N2O4S.C2HF3O2/c18-14(11-2-8-22-10-11)17-3-1-12(9-13(17)15(19)20)16-4-6-21-7-5-16;3-2(4,5)1(6)7/h2,8,10,12-13H,1,3-7,9H2,(H,19,20);(H,6,7). The highest BCUT2D eigenvalue weighted by Crippen LogP contribution is 2.25. The van der Waals surface area contributed by atoms with E-state index in [1.165, 1.54) is 16.2 Å². The van der Waals surface area contributed by atoms with E-state index < -0.39 is 24.2 Å². The van der Waals surface area contributed by atoms with Gasteiger partial charge in [0, 0.05) is 31.1 Å². The molecule has 0 aromatic carbocycles. The molecular formula is C17H21F3N2O6S. The van der Waals surface area contributed by atoms with E-state index in [4.69, 9.17) is 14.6 Å². The van der Waals surface area contributed by atoms with Crippen LogP contribution in [0, 0.1) is 0 Å². The molecule has 1 aromatic heterocycles. The summed E-state index contributed by atoms with van der Waals surface area (Å²) in [6.45, 7) is 3.58. The molecule has 2 aliphatic heterocycles. The summed E-state index contributed by atoms with van der Waals surface area (Å²) in [4.78, 5) is 36.8. The zero-order valence-corrected chi connectivity index (χ0v) is 16.1. The summed E-state index contributed by atoms with van der Waals surface area (Å²) in [5.41, 5.74) is 0.584. The van der Waals surface area contributed by atoms with Crippen LogP contribution in [0.2, 0.25) is 0 Å². The zero-order valence-electron chi connectivity index (χ0n) is 15.3. The zero-order chi connectivity index (χ0) is 21.6. The maximum Gasteiger partial charge on any atom is 0.490 e. The third-order valence-electron chi connectivity index (χ3n) is 4.69. The quantitative estimate of drug-likeness (QED) is 0.741. The monoisotopic (exact) mass is 438 g/mol. The average Bonchev–Trinajstić information content (AvgIpc) is 3.22. The molecule has 162 valence electrons. The van der Waals surface area contributed by atoms with Gasteiger partial charge in [-0.3, -0.25) is 9.69 Å². The van der Waals surface area contributed by atoms with Crippen molar-refractivity contribution in [2.45, 2.75) is 31.1 Å². The number of carbonyl (C=O) groups excluding carboxylic acids is 1. The Morgan fingerprint density at radius 1 is 1.14 bits per heavy atom. The highest BCUT2D eigenvalue weighted by atomic mass is 32.1. The fourth-order valence-electron chi connectivity index (χ4n) is 3.25. The van der Waals surface area contributed by atoms with Gasteiger partial charge in [-0.05, 0) is 24.3 Å². The summed E-state index contributed by atoms with van der Waals surface area (Å²) in [5, 5.41) is 20.3. The Kier molecular flexibility index (Phi) is 7.99. The molecule has 2 atom stereocenters. The molecule has 1 amide bonds. The Balaban J connectivity index is 0.000000370. The van der Waals surface area contributed by atoms with Gasteiger partial charge in [0.1, 0.15) is 6.04 Å². The molecule has 0 bridgehead atoms. The number of amides is 1. The van der Waals surface area contributed by atoms with Crippen LogP contribution in [0.3, 0.4) is 0 Å². The highest BCUT2D eigenvalue weighted by molar-refractivity contribution is 7.08. The van der Waals surface area contributed by atoms with Crippen molar-refractivity contribution >= 4 is 29.2 Å². The van der Waals surface area contributed by atoms with Gasteiger partial charge >= 0.3 is 18.1 Å². The number of carboxylic acids is 2. The second-order valence-corrected chi connectivity index (χ2v) is 7.27. The minimum absolute atomic E-state index is 0.172. The van der Waals surface area contributed by atoms with Crippen LogP contribution in [0.1, 0.15) is 23.2 Å². The number of hydrogen-bond acceptors (Lipinski definition) is 6. The number of rotatable bonds is 3. The van der Waals surface area contributed by atoms with Crippen molar-refractivity contribution in [3.8, 4) is 0 Å². The van der Waals surface area contributed by atoms with Gasteiger partial charge < -0.3 is 19.8 Å². The fourth-order valence-corrected chi connectivity index (χ4v) is 3.88. The number of nitrogens with zero attached hydrogens (tertiary/aromatic N) is 2. The van der Waals surface area contributed by atoms with E-state index in [-0.39, 0.29) is 11.9 Å². The lowest BCUT2D eigenvalue weighted by Gasteiger charge is -2.42. The molecule has 2 fully saturated rings. The minimum Gasteiger partial charge on any atom is -0.480 e. The molecule has 0 spiro atoms. The molecule has 0 saturated carbocycles. The van der Waals surface area contributed by atoms with Gasteiger partial charge in [0.05, 0.1) is 18.8 Å². The van der Waals surface area contributed by atoms with Gasteiger partial charge in [-0.1, -0.05) is 0 Å². The predicted molar refractivity (Wildman–Crippen MR) is 95.9 cm³/mol. The summed E-state index contributed by atoms with van der Waals surface area (Å²) in [6, 6.07) is 1.23. The number of halogens is 3. The number of carbonyl (C=O) groups is 3. The highest BCUT2D eigenvalue weighted by Gasteiger charge is 2.39. The molecule has 0 aliphatic carbocycles. The van der Waals surface area contributed by atoms with E-state index in [1.54, 1.807) is 11.4 Å². The molecule has 2 aliphatic rings. The van der Waals surface area contributed by atoms with Crippen molar-refractivity contribution in [2.24, 2.45) is 0 Å². The second kappa shape index (κ2) is 10.0. The Morgan fingerprint density at radius 2 is 1.76 bits per heavy atom. The summed E-state index contributed by atoms with van der Waals surface area (Å²) in [7, 11) is 0. The molecule has 3 rings (SSSR count). The lowest BCUT2D eigenvalue weighted by Crippen LogP contribution is -2.56. The molecular weight excluding hydrogens is 417 g/mol. The van der Waals surface area contributed by atoms with Gasteiger partial charge in [-0.25, -0.2) is 9.59 Å². The Bertz CT molecular complexity index is 707. The van der Waals surface area contributed by atoms with Crippen LogP contribution in [0.25, 0.3) is 0 Å². The fraction of sp³-hybridized carbons (Fsp3) is 0.588. The molecule has 0 radical (unpaired) electrons. The number of aliphatic carboxylic acids is 2. The number of piperidine rings is 1. The number of likely N-dealkylation sites (tertiary alicyclic amines) is 1. The first-order chi connectivity index (χ1) is 13.6. The van der Waals surface area contributed by atoms with Crippen LogP contribution in [0.4, 0.5) is 13.2 Å². The SMILES string of the molecule is O=C(O)C(F)(F)F.O=C(O)C1CC(N2CCOCC2)CCN1C(=O)c1ccsc1. The van der Waals surface area contributed by atoms with Crippen LogP contribution in [-0.2, 0) is 14.3 Å². The van der Waals surface area contributed by atoms with Gasteiger partial charge in [0.25, 0.3) is 5.91 Å². The Hall–Kier alpha value is -2.18. The average molecular weight is 438 g/mol. The number of alkyl halides is 3. The van der Waals surface area contributed by atoms with Crippen molar-refractivity contribution in [1.29, 1.82) is 0 Å². The van der Waals surface area contributed by atoms with E-state index >= 15 is 0 Å². The van der Waals surface area contributed by atoms with Crippen molar-refractivity contribution in [3.63, 3.8) is 0 Å². The number of morpholine rings is 1. The Morgan fingerprint density at radius 3 is 2.24 bits per heavy atom. The van der Waals surface area contributed by atoms with Gasteiger partial charge in [0.15, 0.2) is 0 Å². The molecule has 3 heterocycles. The smallest absolute Gasteiger partial charge is 0.480 e. The summed E-state index contributed by atoms with van der Waals surface area (Å²) >= 11 is 1.45. The van der Waals surface area contributed by atoms with E-state index in [2.05, 4.69) is 4.90 Å². The first-order valence-corrected chi connectivity index (χ1v) is 9.73. The van der Waals surface area contributed by atoms with Gasteiger partial charge in [0.2, 0.25) is 0 Å². The van der Waals surface area contributed by atoms with Gasteiger partial charge in [-0.2, -0.15) is 24.5 Å². The number of ether oxygens (including phenoxy) is 1. The van der Waals surface area contributed by atoms with Crippen molar-refractivity contribution in [3.05, 3.63) is 22.4 Å². The molecule has 29 heavy (non-hydrogen) atoms. The topological polar surface area (TPSA) is 107 Å². The maximum absolute atomic E-state index is 12.5. The van der Waals surface area contributed by atoms with Crippen LogP contribution in [0.5, 0.6) is 0 Å². The van der Waals surface area contributed by atoms with Gasteiger partial charge in [-0.15, -0.1) is 0 Å². The van der Waals surface area contributed by atoms with Crippen molar-refractivity contribution < 1.29 is 42.5 Å². The normalized spacial score (nSPS) is 23.1. The molecule has 1 aromatic rings. The maximum atomic E-state index is 12.5. The van der Waals surface area contributed by atoms with E-state index in [1.807, 2.05) is 5.38 Å². The molecule has 12 heteroatoms. The third-order valence-corrected chi connectivity index (χ3v) is 5.38. The molecule has 2 N–H and O–H groups in total. The summed E-state index contributed by atoms with van der Waals surface area (Å²) in [5.74, 6) is -3.84. The predicted octanol–water partition coefficient (Wildman–Crippen LogP) is 1.77. The van der Waals surface area contributed by atoms with E-state index in [0.29, 0.717) is 31.7 Å². The molecule has 2 unspecified atom stereocenters. The molecule has 2 saturated heterocycles. The van der Waals surface area contributed by atoms with Crippen LogP contribution in [-0.4, -0.2) is 89.0 Å². The number of hydrogen-bond donors (Lipinski definition) is 2. The molecule has 8 nitrogen and oxygen atoms in total. The number of thiophene rings is 1. The Labute approximate surface area is 168 Å². The summed E-state index contributed by atoms with van der Waals surface area (Å²) < 4.78 is 37.1. The second-order valence-electron chi connectivity index (χ2n) is 6.49. The first-order valence-electron chi connectivity index (χ1n) is 8.79. The largest absolute Gasteiger partial charge is 0.490 e. The van der Waals surface area contributed by atoms with E-state index in [9.17, 15) is 27.9 Å². The minimum atomic E-state index is -5.08. The lowest BCUT2D eigenvalue weighted by atomic mass is 9.94. The lowest BCUT2D eigenvalue weighted by molar-refractivity contribution is -0.192. The van der Waals surface area contributed by atoms with Crippen LogP contribution < -0.4 is 0 Å². The summed E-state index contributed by atoms with van der Waals surface area (Å²) in [6.07, 6.45) is -3.77. The first kappa shape index (κ1) is 23.1. The third kappa shape index (κ3) is 6.41. The van der Waals surface area contributed by atoms with E-state index in [0.717, 1.165) is 19.5 Å². The number of carboxylic acid groups (broad SMARTS) is 2. The van der Waals surface area contributed by atoms with Crippen LogP contribution >= 0.6 is 11.3 Å². The van der Waals surface area contributed by atoms with Crippen molar-refractivity contribution in [2.75, 3.05) is 32.8 Å². The van der Waals surface area contributed by atoms with Crippen LogP contribution in [0.15, 0.2) is 16.8 Å². The van der Waals surface area contributed by atoms with Crippen molar-refractivity contribution in [1.82, 2.24) is 9.80 Å².